The second kappa shape index (κ2) is 4.05. The van der Waals surface area contributed by atoms with E-state index in [0.717, 1.165) is 19.9 Å². The van der Waals surface area contributed by atoms with Gasteiger partial charge in [0, 0.05) is 12.0 Å². The normalized spacial score (nSPS) is 34.3. The molecule has 1 aromatic rings. The molecule has 0 aromatic heterocycles. The van der Waals surface area contributed by atoms with Gasteiger partial charge in [-0.3, -0.25) is 4.79 Å². The monoisotopic (exact) mass is 274 g/mol. The molecule has 0 saturated heterocycles. The van der Waals surface area contributed by atoms with E-state index in [1.165, 1.54) is 18.2 Å². The summed E-state index contributed by atoms with van der Waals surface area (Å²) in [5, 5.41) is 0. The largest absolute Gasteiger partial charge is 0.296 e. The molecule has 0 radical (unpaired) electrons. The fourth-order valence-electron chi connectivity index (χ4n) is 2.55. The van der Waals surface area contributed by atoms with Crippen LogP contribution in [-0.2, 0) is 10.2 Å². The van der Waals surface area contributed by atoms with Crippen molar-refractivity contribution in [3.8, 4) is 0 Å². The molecule has 1 fully saturated rings. The van der Waals surface area contributed by atoms with Crippen LogP contribution in [0.25, 0.3) is 0 Å². The van der Waals surface area contributed by atoms with Gasteiger partial charge in [0.2, 0.25) is 0 Å². The average molecular weight is 274 g/mol. The maximum absolute atomic E-state index is 14.2. The molecule has 0 N–H and O–H groups in total. The minimum absolute atomic E-state index is 0.246. The predicted molar refractivity (Wildman–Crippen MR) is 62.5 cm³/mol. The molecule has 0 heterocycles. The molecule has 1 aliphatic carbocycles. The van der Waals surface area contributed by atoms with Gasteiger partial charge < -0.3 is 0 Å². The van der Waals surface area contributed by atoms with Gasteiger partial charge in [0.1, 0.15) is 5.82 Å². The third-order valence-electron chi connectivity index (χ3n) is 3.93. The number of benzene rings is 1. The Labute approximate surface area is 108 Å². The van der Waals surface area contributed by atoms with E-state index in [1.807, 2.05) is 0 Å². The lowest BCUT2D eigenvalue weighted by molar-refractivity contribution is -0.166. The van der Waals surface area contributed by atoms with Gasteiger partial charge in [0.05, 0.1) is 11.8 Å². The van der Waals surface area contributed by atoms with Crippen LogP contribution >= 0.6 is 0 Å². The van der Waals surface area contributed by atoms with E-state index < -0.39 is 41.4 Å². The van der Waals surface area contributed by atoms with Crippen LogP contribution in [-0.4, -0.2) is 17.4 Å². The van der Waals surface area contributed by atoms with Gasteiger partial charge in [-0.05, 0) is 19.9 Å². The number of ketones is 1. The molecule has 1 saturated carbocycles. The summed E-state index contributed by atoms with van der Waals surface area (Å²) in [6, 6.07) is 5.08. The molecule has 0 bridgehead atoms. The van der Waals surface area contributed by atoms with Crippen molar-refractivity contribution in [1.82, 2.24) is 0 Å². The lowest BCUT2D eigenvalue weighted by atomic mass is 9.64. The summed E-state index contributed by atoms with van der Waals surface area (Å²) in [5.74, 6) is -5.21. The Kier molecular flexibility index (Phi) is 2.99. The van der Waals surface area contributed by atoms with E-state index in [2.05, 4.69) is 0 Å². The van der Waals surface area contributed by atoms with Crippen molar-refractivity contribution in [3.05, 3.63) is 35.6 Å². The molecular formula is C14H14F4O. The summed E-state index contributed by atoms with van der Waals surface area (Å²) >= 11 is 0. The van der Waals surface area contributed by atoms with Gasteiger partial charge in [0.25, 0.3) is 5.92 Å². The van der Waals surface area contributed by atoms with E-state index in [4.69, 9.17) is 0 Å². The number of rotatable bonds is 1. The summed E-state index contributed by atoms with van der Waals surface area (Å²) in [4.78, 5) is 11.7. The first kappa shape index (κ1) is 14.0. The van der Waals surface area contributed by atoms with E-state index in [1.54, 1.807) is 0 Å². The first-order chi connectivity index (χ1) is 8.60. The quantitative estimate of drug-likeness (QED) is 0.712. The highest BCUT2D eigenvalue weighted by Gasteiger charge is 2.62. The summed E-state index contributed by atoms with van der Waals surface area (Å²) in [5.41, 5.74) is -4.82. The smallest absolute Gasteiger partial charge is 0.261 e. The number of carbonyl (C=O) groups is 1. The van der Waals surface area contributed by atoms with Crippen molar-refractivity contribution in [2.24, 2.45) is 0 Å². The van der Waals surface area contributed by atoms with Crippen molar-refractivity contribution in [2.45, 2.75) is 43.7 Å². The van der Waals surface area contributed by atoms with Crippen molar-refractivity contribution >= 4 is 5.78 Å². The van der Waals surface area contributed by atoms with Crippen molar-refractivity contribution in [1.29, 1.82) is 0 Å². The van der Waals surface area contributed by atoms with Crippen molar-refractivity contribution in [2.75, 3.05) is 0 Å². The molecule has 0 amide bonds. The lowest BCUT2D eigenvalue weighted by Crippen LogP contribution is -2.56. The summed E-state index contributed by atoms with van der Waals surface area (Å²) in [6.45, 7) is 1.96. The number of Topliss-reactive ketones (excluding diaryl/α,β-unsaturated/α-hetero) is 1. The molecule has 2 atom stereocenters. The Morgan fingerprint density at radius 2 is 1.68 bits per heavy atom. The molecule has 2 rings (SSSR count). The van der Waals surface area contributed by atoms with Gasteiger partial charge in [-0.15, -0.1) is 0 Å². The predicted octanol–water partition coefficient (Wildman–Crippen LogP) is 3.81. The van der Waals surface area contributed by atoms with Crippen molar-refractivity contribution < 1.29 is 22.4 Å². The Balaban J connectivity index is 2.54. The van der Waals surface area contributed by atoms with Crippen LogP contribution in [0.2, 0.25) is 0 Å². The summed E-state index contributed by atoms with van der Waals surface area (Å²) < 4.78 is 56.0. The zero-order chi connectivity index (χ0) is 14.5. The first-order valence-electron chi connectivity index (χ1n) is 5.95. The van der Waals surface area contributed by atoms with E-state index in [9.17, 15) is 22.4 Å². The molecule has 1 aromatic carbocycles. The van der Waals surface area contributed by atoms with Crippen LogP contribution in [0, 0.1) is 5.82 Å². The molecule has 1 aliphatic rings. The van der Waals surface area contributed by atoms with Gasteiger partial charge in [-0.2, -0.15) is 0 Å². The zero-order valence-electron chi connectivity index (χ0n) is 10.6. The fourth-order valence-corrected chi connectivity index (χ4v) is 2.55. The Morgan fingerprint density at radius 3 is 2.26 bits per heavy atom. The molecule has 5 heteroatoms. The molecule has 104 valence electrons. The number of carbonyl (C=O) groups excluding carboxylic acids is 1. The molecule has 0 spiro atoms. The van der Waals surface area contributed by atoms with Gasteiger partial charge >= 0.3 is 0 Å². The number of alkyl halides is 3. The molecule has 1 nitrogen and oxygen atoms in total. The van der Waals surface area contributed by atoms with Crippen LogP contribution in [0.3, 0.4) is 0 Å². The van der Waals surface area contributed by atoms with E-state index in [0.29, 0.717) is 0 Å². The molecular weight excluding hydrogens is 260 g/mol. The van der Waals surface area contributed by atoms with E-state index in [-0.39, 0.29) is 5.56 Å². The average Bonchev–Trinajstić information content (AvgIpc) is 2.26. The van der Waals surface area contributed by atoms with E-state index >= 15 is 0 Å². The SMILES string of the molecule is CC1(F)CC(F)(F)[C@@](C)(c2ccccc2F)CC1=O. The maximum Gasteiger partial charge on any atom is 0.261 e. The van der Waals surface area contributed by atoms with Gasteiger partial charge in [-0.1, -0.05) is 18.2 Å². The number of hydrogen-bond donors (Lipinski definition) is 0. The Morgan fingerprint density at radius 1 is 1.11 bits per heavy atom. The third-order valence-corrected chi connectivity index (χ3v) is 3.93. The highest BCUT2D eigenvalue weighted by Crippen LogP contribution is 2.52. The highest BCUT2D eigenvalue weighted by atomic mass is 19.3. The zero-order valence-corrected chi connectivity index (χ0v) is 10.6. The third kappa shape index (κ3) is 2.05. The highest BCUT2D eigenvalue weighted by molar-refractivity contribution is 5.89. The van der Waals surface area contributed by atoms with Crippen LogP contribution < -0.4 is 0 Å². The van der Waals surface area contributed by atoms with Crippen LogP contribution in [0.15, 0.2) is 24.3 Å². The number of hydrogen-bond acceptors (Lipinski definition) is 1. The fraction of sp³-hybridized carbons (Fsp3) is 0.500. The summed E-state index contributed by atoms with van der Waals surface area (Å²) in [7, 11) is 0. The first-order valence-corrected chi connectivity index (χ1v) is 5.95. The summed E-state index contributed by atoms with van der Waals surface area (Å²) in [6.07, 6.45) is -1.93. The van der Waals surface area contributed by atoms with Crippen LogP contribution in [0.5, 0.6) is 0 Å². The lowest BCUT2D eigenvalue weighted by Gasteiger charge is -2.44. The topological polar surface area (TPSA) is 17.1 Å². The molecule has 0 aliphatic heterocycles. The minimum Gasteiger partial charge on any atom is -0.296 e. The van der Waals surface area contributed by atoms with Gasteiger partial charge in [-0.25, -0.2) is 17.6 Å². The number of halogens is 4. The van der Waals surface area contributed by atoms with Crippen LogP contribution in [0.4, 0.5) is 17.6 Å². The second-order valence-electron chi connectivity index (χ2n) is 5.49. The second-order valence-corrected chi connectivity index (χ2v) is 5.49. The standard InChI is InChI=1S/C14H14F4O/c1-12(9-5-3-4-6-10(9)15)7-11(19)13(2,16)8-14(12,17)18/h3-6H,7-8H2,1-2H3/t12-,13?/m1/s1. The maximum atomic E-state index is 14.2. The molecule has 1 unspecified atom stereocenters. The van der Waals surface area contributed by atoms with Crippen LogP contribution in [0.1, 0.15) is 32.3 Å². The Bertz CT molecular complexity index is 524. The van der Waals surface area contributed by atoms with Gasteiger partial charge in [0.15, 0.2) is 11.5 Å². The van der Waals surface area contributed by atoms with Crippen molar-refractivity contribution in [3.63, 3.8) is 0 Å². The minimum atomic E-state index is -3.49. The molecule has 19 heavy (non-hydrogen) atoms. The Hall–Kier alpha value is -1.39.